The monoisotopic (exact) mass is 355 g/mol. The molecule has 138 valence electrons. The molecule has 0 unspecified atom stereocenters. The first-order chi connectivity index (χ1) is 12.8. The molecule has 1 aromatic heterocycles. The Hall–Kier alpha value is -2.41. The summed E-state index contributed by atoms with van der Waals surface area (Å²) in [6.07, 6.45) is 4.96. The number of likely N-dealkylation sites (tertiary alicyclic amines) is 2. The molecule has 1 aromatic carbocycles. The third-order valence-electron chi connectivity index (χ3n) is 5.25. The molecular weight excluding hydrogens is 330 g/mol. The van der Waals surface area contributed by atoms with Crippen molar-refractivity contribution < 1.29 is 9.32 Å². The molecule has 7 nitrogen and oxygen atoms in total. The number of carbonyl (C=O) groups excluding carboxylic acids is 1. The van der Waals surface area contributed by atoms with Crippen molar-refractivity contribution in [3.63, 3.8) is 0 Å². The van der Waals surface area contributed by atoms with Crippen molar-refractivity contribution >= 4 is 6.03 Å². The van der Waals surface area contributed by atoms with Gasteiger partial charge in [0.05, 0.1) is 6.54 Å². The zero-order valence-electron chi connectivity index (χ0n) is 14.9. The highest BCUT2D eigenvalue weighted by atomic mass is 16.5. The van der Waals surface area contributed by atoms with Gasteiger partial charge in [-0.3, -0.25) is 4.90 Å². The minimum Gasteiger partial charge on any atom is -0.337 e. The zero-order chi connectivity index (χ0) is 17.8. The van der Waals surface area contributed by atoms with E-state index in [2.05, 4.69) is 20.4 Å². The molecule has 7 heteroatoms. The molecule has 2 saturated heterocycles. The number of amides is 2. The lowest BCUT2D eigenvalue weighted by molar-refractivity contribution is 0.161. The fourth-order valence-corrected chi connectivity index (χ4v) is 3.80. The Morgan fingerprint density at radius 3 is 2.77 bits per heavy atom. The van der Waals surface area contributed by atoms with Crippen LogP contribution in [0.3, 0.4) is 0 Å². The lowest BCUT2D eigenvalue weighted by Gasteiger charge is -2.32. The first-order valence-electron chi connectivity index (χ1n) is 9.44. The summed E-state index contributed by atoms with van der Waals surface area (Å²) in [6.45, 7) is 4.22. The van der Waals surface area contributed by atoms with Gasteiger partial charge in [0.15, 0.2) is 0 Å². The van der Waals surface area contributed by atoms with Gasteiger partial charge in [-0.25, -0.2) is 4.79 Å². The van der Waals surface area contributed by atoms with Crippen molar-refractivity contribution in [2.45, 2.75) is 38.3 Å². The van der Waals surface area contributed by atoms with Gasteiger partial charge in [0.25, 0.3) is 0 Å². The van der Waals surface area contributed by atoms with E-state index in [-0.39, 0.29) is 12.6 Å². The van der Waals surface area contributed by atoms with Gasteiger partial charge in [-0.2, -0.15) is 4.98 Å². The van der Waals surface area contributed by atoms with Crippen molar-refractivity contribution in [3.05, 3.63) is 36.2 Å². The summed E-state index contributed by atoms with van der Waals surface area (Å²) in [5.41, 5.74) is 0.901. The highest BCUT2D eigenvalue weighted by Gasteiger charge is 2.30. The van der Waals surface area contributed by atoms with Crippen molar-refractivity contribution in [1.29, 1.82) is 0 Å². The fraction of sp³-hybridized carbons (Fsp3) is 0.526. The second-order valence-electron chi connectivity index (χ2n) is 7.02. The average molecular weight is 355 g/mol. The second kappa shape index (κ2) is 7.86. The van der Waals surface area contributed by atoms with Crippen molar-refractivity contribution in [1.82, 2.24) is 25.3 Å². The minimum atomic E-state index is -0.0519. The number of benzene rings is 1. The number of piperidine rings is 1. The van der Waals surface area contributed by atoms with E-state index >= 15 is 0 Å². The lowest BCUT2D eigenvalue weighted by Crippen LogP contribution is -2.43. The predicted molar refractivity (Wildman–Crippen MR) is 97.4 cm³/mol. The van der Waals surface area contributed by atoms with E-state index in [1.807, 2.05) is 35.2 Å². The summed E-state index contributed by atoms with van der Waals surface area (Å²) in [6, 6.07) is 10.1. The van der Waals surface area contributed by atoms with E-state index < -0.39 is 0 Å². The van der Waals surface area contributed by atoms with Crippen LogP contribution < -0.4 is 5.32 Å². The lowest BCUT2D eigenvalue weighted by atomic mass is 10.1. The maximum absolute atomic E-state index is 12.4. The average Bonchev–Trinajstić information content (AvgIpc) is 3.37. The summed E-state index contributed by atoms with van der Waals surface area (Å²) in [5, 5.41) is 6.88. The minimum absolute atomic E-state index is 0.0519. The SMILES string of the molecule is O=C(NCc1nc(-c2ccccc2)no1)N1CC[C@@H](N2CCCCC2)C1. The Morgan fingerprint density at radius 1 is 1.15 bits per heavy atom. The summed E-state index contributed by atoms with van der Waals surface area (Å²) in [4.78, 5) is 21.2. The number of nitrogens with one attached hydrogen (secondary N) is 1. The van der Waals surface area contributed by atoms with Gasteiger partial charge < -0.3 is 14.7 Å². The van der Waals surface area contributed by atoms with E-state index in [0.29, 0.717) is 17.8 Å². The highest BCUT2D eigenvalue weighted by molar-refractivity contribution is 5.74. The van der Waals surface area contributed by atoms with Crippen LogP contribution in [0.1, 0.15) is 31.6 Å². The molecule has 2 aliphatic rings. The molecule has 2 fully saturated rings. The number of rotatable bonds is 4. The second-order valence-corrected chi connectivity index (χ2v) is 7.02. The first kappa shape index (κ1) is 17.0. The maximum Gasteiger partial charge on any atom is 0.317 e. The Labute approximate surface area is 153 Å². The molecule has 4 rings (SSSR count). The Morgan fingerprint density at radius 2 is 1.96 bits per heavy atom. The van der Waals surface area contributed by atoms with E-state index in [1.165, 1.54) is 32.4 Å². The van der Waals surface area contributed by atoms with Crippen LogP contribution in [0.2, 0.25) is 0 Å². The third kappa shape index (κ3) is 3.88. The van der Waals surface area contributed by atoms with E-state index in [9.17, 15) is 4.79 Å². The molecule has 26 heavy (non-hydrogen) atoms. The quantitative estimate of drug-likeness (QED) is 0.912. The van der Waals surface area contributed by atoms with Crippen molar-refractivity contribution in [2.75, 3.05) is 26.2 Å². The molecule has 0 aliphatic carbocycles. The van der Waals surface area contributed by atoms with Crippen LogP contribution in [0, 0.1) is 0 Å². The van der Waals surface area contributed by atoms with Crippen molar-refractivity contribution in [3.8, 4) is 11.4 Å². The molecular formula is C19H25N5O2. The summed E-state index contributed by atoms with van der Waals surface area (Å²) >= 11 is 0. The highest BCUT2D eigenvalue weighted by Crippen LogP contribution is 2.20. The van der Waals surface area contributed by atoms with Crippen LogP contribution in [-0.4, -0.2) is 58.2 Å². The van der Waals surface area contributed by atoms with Gasteiger partial charge in [-0.05, 0) is 32.4 Å². The number of nitrogens with zero attached hydrogens (tertiary/aromatic N) is 4. The van der Waals surface area contributed by atoms with Crippen LogP contribution in [0.25, 0.3) is 11.4 Å². The zero-order valence-corrected chi connectivity index (χ0v) is 14.9. The summed E-state index contributed by atoms with van der Waals surface area (Å²) in [5.74, 6) is 0.963. The standard InChI is InChI=1S/C19H25N5O2/c25-19(24-12-9-16(14-24)23-10-5-2-6-11-23)20-13-17-21-18(22-26-17)15-7-3-1-4-8-15/h1,3-4,7-8,16H,2,5-6,9-14H2,(H,20,25)/t16-/m1/s1. The van der Waals surface area contributed by atoms with Crippen LogP contribution in [0.15, 0.2) is 34.9 Å². The molecule has 0 spiro atoms. The molecule has 1 N–H and O–H groups in total. The smallest absolute Gasteiger partial charge is 0.317 e. The number of hydrogen-bond acceptors (Lipinski definition) is 5. The van der Waals surface area contributed by atoms with Gasteiger partial charge in [0.2, 0.25) is 11.7 Å². The molecule has 0 saturated carbocycles. The number of hydrogen-bond donors (Lipinski definition) is 1. The largest absolute Gasteiger partial charge is 0.337 e. The van der Waals surface area contributed by atoms with E-state index in [1.54, 1.807) is 0 Å². The van der Waals surface area contributed by atoms with Crippen LogP contribution >= 0.6 is 0 Å². The fourth-order valence-electron chi connectivity index (χ4n) is 3.80. The maximum atomic E-state index is 12.4. The Balaban J connectivity index is 1.27. The van der Waals surface area contributed by atoms with Gasteiger partial charge in [-0.1, -0.05) is 41.9 Å². The van der Waals surface area contributed by atoms with Crippen LogP contribution in [0.4, 0.5) is 4.79 Å². The first-order valence-corrected chi connectivity index (χ1v) is 9.44. The summed E-state index contributed by atoms with van der Waals surface area (Å²) in [7, 11) is 0. The number of aromatic nitrogens is 2. The van der Waals surface area contributed by atoms with E-state index in [4.69, 9.17) is 4.52 Å². The van der Waals surface area contributed by atoms with Crippen LogP contribution in [-0.2, 0) is 6.54 Å². The Kier molecular flexibility index (Phi) is 5.15. The summed E-state index contributed by atoms with van der Waals surface area (Å²) < 4.78 is 5.25. The number of carbonyl (C=O) groups is 1. The molecule has 2 aliphatic heterocycles. The Bertz CT molecular complexity index is 727. The molecule has 0 radical (unpaired) electrons. The topological polar surface area (TPSA) is 74.5 Å². The van der Waals surface area contributed by atoms with Gasteiger partial charge in [0.1, 0.15) is 0 Å². The van der Waals surface area contributed by atoms with Gasteiger partial charge in [0, 0.05) is 24.7 Å². The van der Waals surface area contributed by atoms with Crippen molar-refractivity contribution in [2.24, 2.45) is 0 Å². The van der Waals surface area contributed by atoms with Gasteiger partial charge in [-0.15, -0.1) is 0 Å². The normalized spacial score (nSPS) is 21.1. The molecule has 0 bridgehead atoms. The molecule has 2 aromatic rings. The molecule has 3 heterocycles. The number of urea groups is 1. The third-order valence-corrected chi connectivity index (χ3v) is 5.25. The predicted octanol–water partition coefficient (Wildman–Crippen LogP) is 2.51. The molecule has 2 amide bonds. The molecule has 1 atom stereocenters. The van der Waals surface area contributed by atoms with Gasteiger partial charge >= 0.3 is 6.03 Å². The van der Waals surface area contributed by atoms with Crippen LogP contribution in [0.5, 0.6) is 0 Å². The van der Waals surface area contributed by atoms with E-state index in [0.717, 1.165) is 25.1 Å².